The van der Waals surface area contributed by atoms with E-state index in [0.717, 1.165) is 25.8 Å². The maximum absolute atomic E-state index is 5.59. The topological polar surface area (TPSA) is 21.3 Å². The summed E-state index contributed by atoms with van der Waals surface area (Å²) in [5.41, 5.74) is -0.0800. The Morgan fingerprint density at radius 1 is 1.50 bits per heavy atom. The van der Waals surface area contributed by atoms with Crippen LogP contribution in [-0.2, 0) is 4.74 Å². The molecular formula is C12H25NO. The Hall–Kier alpha value is -0.340. The van der Waals surface area contributed by atoms with E-state index in [1.165, 1.54) is 0 Å². The highest BCUT2D eigenvalue weighted by atomic mass is 16.5. The quantitative estimate of drug-likeness (QED) is 0.607. The van der Waals surface area contributed by atoms with Gasteiger partial charge in [0.1, 0.15) is 0 Å². The molecule has 0 aliphatic heterocycles. The summed E-state index contributed by atoms with van der Waals surface area (Å²) in [6.07, 6.45) is 5.08. The fourth-order valence-electron chi connectivity index (χ4n) is 1.57. The van der Waals surface area contributed by atoms with Crippen LogP contribution in [0, 0.1) is 0 Å². The highest BCUT2D eigenvalue weighted by molar-refractivity contribution is 4.92. The van der Waals surface area contributed by atoms with Crippen molar-refractivity contribution < 1.29 is 4.74 Å². The summed E-state index contributed by atoms with van der Waals surface area (Å²) in [6.45, 7) is 11.3. The second-order valence-electron chi connectivity index (χ2n) is 3.90. The Bertz CT molecular complexity index is 152. The van der Waals surface area contributed by atoms with Gasteiger partial charge >= 0.3 is 0 Å². The van der Waals surface area contributed by atoms with E-state index in [4.69, 9.17) is 4.74 Å². The Kier molecular flexibility index (Phi) is 6.85. The summed E-state index contributed by atoms with van der Waals surface area (Å²) in [5, 5.41) is 3.52. The third kappa shape index (κ3) is 3.81. The summed E-state index contributed by atoms with van der Waals surface area (Å²) < 4.78 is 5.59. The highest BCUT2D eigenvalue weighted by Crippen LogP contribution is 2.21. The number of hydrogen-bond donors (Lipinski definition) is 1. The minimum Gasteiger partial charge on any atom is -0.377 e. The summed E-state index contributed by atoms with van der Waals surface area (Å²) >= 11 is 0. The van der Waals surface area contributed by atoms with Gasteiger partial charge in [0.05, 0.1) is 5.60 Å². The second kappa shape index (κ2) is 7.02. The van der Waals surface area contributed by atoms with Gasteiger partial charge in [-0.15, -0.1) is 6.58 Å². The molecule has 0 saturated carbocycles. The average Bonchev–Trinajstić information content (AvgIpc) is 2.23. The molecule has 0 aromatic carbocycles. The molecule has 0 aromatic heterocycles. The molecule has 0 spiro atoms. The second-order valence-corrected chi connectivity index (χ2v) is 3.90. The molecule has 2 nitrogen and oxygen atoms in total. The molecule has 2 unspecified atom stereocenters. The van der Waals surface area contributed by atoms with Crippen LogP contribution < -0.4 is 5.32 Å². The zero-order chi connectivity index (χ0) is 11.0. The summed E-state index contributed by atoms with van der Waals surface area (Å²) in [6, 6.07) is 0.370. The van der Waals surface area contributed by atoms with E-state index in [1.54, 1.807) is 7.11 Å². The molecule has 1 N–H and O–H groups in total. The average molecular weight is 199 g/mol. The van der Waals surface area contributed by atoms with Crippen molar-refractivity contribution in [1.82, 2.24) is 5.32 Å². The van der Waals surface area contributed by atoms with Gasteiger partial charge in [0, 0.05) is 13.2 Å². The fourth-order valence-corrected chi connectivity index (χ4v) is 1.57. The van der Waals surface area contributed by atoms with Crippen LogP contribution in [-0.4, -0.2) is 25.3 Å². The van der Waals surface area contributed by atoms with Crippen molar-refractivity contribution in [3.8, 4) is 0 Å². The van der Waals surface area contributed by atoms with E-state index in [1.807, 2.05) is 6.08 Å². The van der Waals surface area contributed by atoms with Gasteiger partial charge in [-0.05, 0) is 32.7 Å². The molecule has 0 aromatic rings. The van der Waals surface area contributed by atoms with E-state index in [-0.39, 0.29) is 5.60 Å². The predicted octanol–water partition coefficient (Wildman–Crippen LogP) is 2.75. The molecule has 0 aliphatic carbocycles. The van der Waals surface area contributed by atoms with Crippen LogP contribution in [0.3, 0.4) is 0 Å². The lowest BCUT2D eigenvalue weighted by Crippen LogP contribution is -2.49. The molecule has 0 heterocycles. The lowest BCUT2D eigenvalue weighted by molar-refractivity contribution is -0.0280. The third-order valence-electron chi connectivity index (χ3n) is 2.95. The molecule has 2 heteroatoms. The molecule has 0 rings (SSSR count). The normalized spacial score (nSPS) is 17.4. The van der Waals surface area contributed by atoms with Gasteiger partial charge in [-0.25, -0.2) is 0 Å². The molecule has 0 saturated heterocycles. The summed E-state index contributed by atoms with van der Waals surface area (Å²) in [4.78, 5) is 0. The Balaban J connectivity index is 4.34. The van der Waals surface area contributed by atoms with Gasteiger partial charge in [-0.2, -0.15) is 0 Å². The number of hydrogen-bond acceptors (Lipinski definition) is 2. The SMILES string of the molecule is C=CCC(NCCC)C(C)(CC)OC. The zero-order valence-electron chi connectivity index (χ0n) is 10.1. The number of rotatable bonds is 8. The van der Waals surface area contributed by atoms with Gasteiger partial charge in [0.25, 0.3) is 0 Å². The standard InChI is InChI=1S/C12H25NO/c1-6-9-11(13-10-7-2)12(4,8-3)14-5/h6,11,13H,1,7-10H2,2-5H3. The van der Waals surface area contributed by atoms with Crippen molar-refractivity contribution >= 4 is 0 Å². The lowest BCUT2D eigenvalue weighted by Gasteiger charge is -2.36. The lowest BCUT2D eigenvalue weighted by atomic mass is 9.90. The summed E-state index contributed by atoms with van der Waals surface area (Å²) in [7, 11) is 1.78. The van der Waals surface area contributed by atoms with E-state index >= 15 is 0 Å². The largest absolute Gasteiger partial charge is 0.377 e. The van der Waals surface area contributed by atoms with Crippen LogP contribution >= 0.6 is 0 Å². The molecule has 2 atom stereocenters. The Labute approximate surface area is 88.7 Å². The van der Waals surface area contributed by atoms with Gasteiger partial charge in [0.2, 0.25) is 0 Å². The predicted molar refractivity (Wildman–Crippen MR) is 62.6 cm³/mol. The maximum Gasteiger partial charge on any atom is 0.0803 e. The molecule has 0 amide bonds. The van der Waals surface area contributed by atoms with Crippen molar-refractivity contribution in [3.63, 3.8) is 0 Å². The van der Waals surface area contributed by atoms with E-state index in [9.17, 15) is 0 Å². The molecule has 84 valence electrons. The van der Waals surface area contributed by atoms with Crippen LogP contribution in [0.15, 0.2) is 12.7 Å². The minimum absolute atomic E-state index is 0.0800. The fraction of sp³-hybridized carbons (Fsp3) is 0.833. The van der Waals surface area contributed by atoms with Crippen molar-refractivity contribution in [2.75, 3.05) is 13.7 Å². The van der Waals surface area contributed by atoms with Crippen LogP contribution in [0.2, 0.25) is 0 Å². The molecule has 14 heavy (non-hydrogen) atoms. The number of methoxy groups -OCH3 is 1. The molecular weight excluding hydrogens is 174 g/mol. The first-order chi connectivity index (χ1) is 6.64. The van der Waals surface area contributed by atoms with Crippen LogP contribution in [0.4, 0.5) is 0 Å². The van der Waals surface area contributed by atoms with Crippen molar-refractivity contribution in [1.29, 1.82) is 0 Å². The third-order valence-corrected chi connectivity index (χ3v) is 2.95. The molecule has 0 fully saturated rings. The van der Waals surface area contributed by atoms with Crippen molar-refractivity contribution in [2.24, 2.45) is 0 Å². The van der Waals surface area contributed by atoms with Crippen LogP contribution in [0.1, 0.15) is 40.0 Å². The van der Waals surface area contributed by atoms with E-state index < -0.39 is 0 Å². The highest BCUT2D eigenvalue weighted by Gasteiger charge is 2.30. The van der Waals surface area contributed by atoms with Crippen molar-refractivity contribution in [2.45, 2.75) is 51.7 Å². The van der Waals surface area contributed by atoms with Crippen LogP contribution in [0.5, 0.6) is 0 Å². The summed E-state index contributed by atoms with van der Waals surface area (Å²) in [5.74, 6) is 0. The van der Waals surface area contributed by atoms with Gasteiger partial charge < -0.3 is 10.1 Å². The van der Waals surface area contributed by atoms with Crippen LogP contribution in [0.25, 0.3) is 0 Å². The smallest absolute Gasteiger partial charge is 0.0803 e. The molecule has 0 bridgehead atoms. The number of nitrogens with one attached hydrogen (secondary N) is 1. The van der Waals surface area contributed by atoms with E-state index in [0.29, 0.717) is 6.04 Å². The first-order valence-electron chi connectivity index (χ1n) is 5.54. The molecule has 0 radical (unpaired) electrons. The first-order valence-corrected chi connectivity index (χ1v) is 5.54. The van der Waals surface area contributed by atoms with E-state index in [2.05, 4.69) is 32.7 Å². The van der Waals surface area contributed by atoms with Gasteiger partial charge in [0.15, 0.2) is 0 Å². The minimum atomic E-state index is -0.0800. The zero-order valence-corrected chi connectivity index (χ0v) is 10.1. The van der Waals surface area contributed by atoms with Gasteiger partial charge in [-0.3, -0.25) is 0 Å². The Morgan fingerprint density at radius 3 is 2.50 bits per heavy atom. The molecule has 0 aliphatic rings. The number of ether oxygens (including phenoxy) is 1. The monoisotopic (exact) mass is 199 g/mol. The Morgan fingerprint density at radius 2 is 2.14 bits per heavy atom. The van der Waals surface area contributed by atoms with Gasteiger partial charge in [-0.1, -0.05) is 19.9 Å². The van der Waals surface area contributed by atoms with Crippen molar-refractivity contribution in [3.05, 3.63) is 12.7 Å². The first kappa shape index (κ1) is 13.7. The maximum atomic E-state index is 5.59.